The summed E-state index contributed by atoms with van der Waals surface area (Å²) in [6.45, 7) is 8.29. The van der Waals surface area contributed by atoms with Crippen molar-refractivity contribution in [3.8, 4) is 5.75 Å². The van der Waals surface area contributed by atoms with Crippen LogP contribution in [0.1, 0.15) is 51.0 Å². The summed E-state index contributed by atoms with van der Waals surface area (Å²) in [5, 5.41) is 1.30. The Kier molecular flexibility index (Phi) is 6.50. The van der Waals surface area contributed by atoms with E-state index in [-0.39, 0.29) is 0 Å². The van der Waals surface area contributed by atoms with Crippen molar-refractivity contribution in [2.45, 2.75) is 52.4 Å². The molecule has 1 saturated carbocycles. The van der Waals surface area contributed by atoms with Gasteiger partial charge in [-0.15, -0.1) is 11.3 Å². The maximum atomic E-state index is 5.94. The number of likely N-dealkylation sites (N-methyl/N-ethyl adjacent to an activating group) is 1. The molecule has 3 nitrogen and oxygen atoms in total. The summed E-state index contributed by atoms with van der Waals surface area (Å²) in [4.78, 5) is 7.22. The predicted molar refractivity (Wildman–Crippen MR) is 103 cm³/mol. The van der Waals surface area contributed by atoms with Gasteiger partial charge >= 0.3 is 0 Å². The van der Waals surface area contributed by atoms with Gasteiger partial charge in [-0.1, -0.05) is 46.0 Å². The molecule has 4 heteroatoms. The van der Waals surface area contributed by atoms with Gasteiger partial charge in [-0.2, -0.15) is 0 Å². The first-order valence-electron chi connectivity index (χ1n) is 9.53. The van der Waals surface area contributed by atoms with E-state index < -0.39 is 0 Å². The van der Waals surface area contributed by atoms with Gasteiger partial charge in [-0.25, -0.2) is 4.98 Å². The van der Waals surface area contributed by atoms with Crippen LogP contribution in [0.15, 0.2) is 18.2 Å². The Hall–Kier alpha value is -1.13. The van der Waals surface area contributed by atoms with Crippen LogP contribution in [0.2, 0.25) is 0 Å². The standard InChI is InChI=1S/C20H30N2OS/c1-3-22(4-2)12-13-23-17-10-11-18-19(15-17)24-20(21-18)14-16-8-6-5-7-9-16/h10-11,15-16H,3-9,12-14H2,1-2H3. The van der Waals surface area contributed by atoms with Gasteiger partial charge in [-0.3, -0.25) is 0 Å². The molecule has 132 valence electrons. The molecule has 3 rings (SSSR count). The number of ether oxygens (including phenoxy) is 1. The summed E-state index contributed by atoms with van der Waals surface area (Å²) in [5.74, 6) is 1.83. The lowest BCUT2D eigenvalue weighted by atomic mass is 9.87. The molecule has 0 radical (unpaired) electrons. The molecule has 1 aliphatic carbocycles. The molecule has 0 N–H and O–H groups in total. The zero-order chi connectivity index (χ0) is 16.8. The molecule has 2 aromatic rings. The van der Waals surface area contributed by atoms with Crippen LogP contribution in [0, 0.1) is 5.92 Å². The minimum absolute atomic E-state index is 0.751. The van der Waals surface area contributed by atoms with Gasteiger partial charge in [0.1, 0.15) is 12.4 Å². The SMILES string of the molecule is CCN(CC)CCOc1ccc2nc(CC3CCCCC3)sc2c1. The molecule has 0 aliphatic heterocycles. The first-order chi connectivity index (χ1) is 11.8. The summed E-state index contributed by atoms with van der Waals surface area (Å²) < 4.78 is 7.21. The number of rotatable bonds is 8. The van der Waals surface area contributed by atoms with Crippen LogP contribution >= 0.6 is 11.3 Å². The highest BCUT2D eigenvalue weighted by atomic mass is 32.1. The van der Waals surface area contributed by atoms with E-state index in [1.807, 2.05) is 11.3 Å². The molecule has 1 aliphatic rings. The smallest absolute Gasteiger partial charge is 0.120 e. The van der Waals surface area contributed by atoms with Gasteiger partial charge < -0.3 is 9.64 Å². The molecule has 0 amide bonds. The molecular formula is C20H30N2OS. The average molecular weight is 347 g/mol. The van der Waals surface area contributed by atoms with Gasteiger partial charge in [0.05, 0.1) is 15.2 Å². The maximum Gasteiger partial charge on any atom is 0.120 e. The van der Waals surface area contributed by atoms with Crippen molar-refractivity contribution in [1.82, 2.24) is 9.88 Å². The Morgan fingerprint density at radius 3 is 2.71 bits per heavy atom. The molecule has 1 fully saturated rings. The summed E-state index contributed by atoms with van der Waals surface area (Å²) in [5.41, 5.74) is 1.13. The second-order valence-corrected chi connectivity index (χ2v) is 7.94. The van der Waals surface area contributed by atoms with E-state index >= 15 is 0 Å². The molecule has 0 unspecified atom stereocenters. The third-order valence-corrected chi connectivity index (χ3v) is 6.20. The quantitative estimate of drug-likeness (QED) is 0.662. The van der Waals surface area contributed by atoms with E-state index in [0.29, 0.717) is 0 Å². The summed E-state index contributed by atoms with van der Waals surface area (Å²) in [6.07, 6.45) is 8.16. The number of fused-ring (bicyclic) bond motifs is 1. The Bertz CT molecular complexity index is 630. The van der Waals surface area contributed by atoms with Crippen molar-refractivity contribution >= 4 is 21.6 Å². The lowest BCUT2D eigenvalue weighted by molar-refractivity contribution is 0.223. The Morgan fingerprint density at radius 1 is 1.17 bits per heavy atom. The normalized spacial score (nSPS) is 16.1. The average Bonchev–Trinajstić information content (AvgIpc) is 3.01. The number of benzene rings is 1. The Labute approximate surface area is 150 Å². The molecular weight excluding hydrogens is 316 g/mol. The van der Waals surface area contributed by atoms with Crippen molar-refractivity contribution in [3.05, 3.63) is 23.2 Å². The second-order valence-electron chi connectivity index (χ2n) is 6.82. The Morgan fingerprint density at radius 2 is 1.96 bits per heavy atom. The van der Waals surface area contributed by atoms with Crippen LogP contribution in [-0.4, -0.2) is 36.1 Å². The lowest BCUT2D eigenvalue weighted by Crippen LogP contribution is -2.27. The molecule has 0 bridgehead atoms. The van der Waals surface area contributed by atoms with E-state index in [1.54, 1.807) is 0 Å². The monoisotopic (exact) mass is 346 g/mol. The number of hydrogen-bond acceptors (Lipinski definition) is 4. The number of hydrogen-bond donors (Lipinski definition) is 0. The topological polar surface area (TPSA) is 25.4 Å². The summed E-state index contributed by atoms with van der Waals surface area (Å²) >= 11 is 1.85. The van der Waals surface area contributed by atoms with E-state index in [2.05, 4.69) is 36.9 Å². The number of nitrogens with zero attached hydrogens (tertiary/aromatic N) is 2. The number of thiazole rings is 1. The zero-order valence-corrected chi connectivity index (χ0v) is 15.9. The van der Waals surface area contributed by atoms with Crippen LogP contribution in [0.4, 0.5) is 0 Å². The summed E-state index contributed by atoms with van der Waals surface area (Å²) in [7, 11) is 0. The van der Waals surface area contributed by atoms with Crippen LogP contribution in [0.3, 0.4) is 0 Å². The third kappa shape index (κ3) is 4.70. The largest absolute Gasteiger partial charge is 0.492 e. The van der Waals surface area contributed by atoms with Crippen LogP contribution in [0.25, 0.3) is 10.2 Å². The molecule has 1 aromatic carbocycles. The zero-order valence-electron chi connectivity index (χ0n) is 15.1. The predicted octanol–water partition coefficient (Wildman–Crippen LogP) is 5.14. The van der Waals surface area contributed by atoms with Gasteiger partial charge in [0, 0.05) is 13.0 Å². The highest BCUT2D eigenvalue weighted by Gasteiger charge is 2.16. The van der Waals surface area contributed by atoms with E-state index in [0.717, 1.165) is 49.8 Å². The van der Waals surface area contributed by atoms with Crippen molar-refractivity contribution in [2.75, 3.05) is 26.2 Å². The molecule has 1 heterocycles. The lowest BCUT2D eigenvalue weighted by Gasteiger charge is -2.20. The first-order valence-corrected chi connectivity index (χ1v) is 10.3. The van der Waals surface area contributed by atoms with Gasteiger partial charge in [-0.05, 0) is 37.2 Å². The minimum atomic E-state index is 0.751. The fraction of sp³-hybridized carbons (Fsp3) is 0.650. The number of aromatic nitrogens is 1. The van der Waals surface area contributed by atoms with Crippen LogP contribution in [0.5, 0.6) is 5.75 Å². The minimum Gasteiger partial charge on any atom is -0.492 e. The molecule has 0 atom stereocenters. The van der Waals surface area contributed by atoms with Gasteiger partial charge in [0.2, 0.25) is 0 Å². The fourth-order valence-electron chi connectivity index (χ4n) is 3.60. The highest BCUT2D eigenvalue weighted by Crippen LogP contribution is 2.31. The van der Waals surface area contributed by atoms with E-state index in [9.17, 15) is 0 Å². The van der Waals surface area contributed by atoms with Crippen molar-refractivity contribution in [2.24, 2.45) is 5.92 Å². The highest BCUT2D eigenvalue weighted by molar-refractivity contribution is 7.18. The van der Waals surface area contributed by atoms with Crippen molar-refractivity contribution in [1.29, 1.82) is 0 Å². The molecule has 24 heavy (non-hydrogen) atoms. The maximum absolute atomic E-state index is 5.94. The first kappa shape index (κ1) is 17.7. The van der Waals surface area contributed by atoms with E-state index in [1.165, 1.54) is 41.8 Å². The van der Waals surface area contributed by atoms with Crippen molar-refractivity contribution in [3.63, 3.8) is 0 Å². The molecule has 0 spiro atoms. The van der Waals surface area contributed by atoms with E-state index in [4.69, 9.17) is 9.72 Å². The summed E-state index contributed by atoms with van der Waals surface area (Å²) in [6, 6.07) is 6.34. The van der Waals surface area contributed by atoms with Crippen LogP contribution in [-0.2, 0) is 6.42 Å². The van der Waals surface area contributed by atoms with Gasteiger partial charge in [0.25, 0.3) is 0 Å². The van der Waals surface area contributed by atoms with Gasteiger partial charge in [0.15, 0.2) is 0 Å². The van der Waals surface area contributed by atoms with Crippen LogP contribution < -0.4 is 4.74 Å². The fourth-order valence-corrected chi connectivity index (χ4v) is 4.71. The third-order valence-electron chi connectivity index (χ3n) is 5.16. The Balaban J connectivity index is 1.58. The second kappa shape index (κ2) is 8.82. The molecule has 0 saturated heterocycles. The molecule has 1 aromatic heterocycles. The van der Waals surface area contributed by atoms with Crippen molar-refractivity contribution < 1.29 is 4.74 Å².